The van der Waals surface area contributed by atoms with Gasteiger partial charge in [-0.05, 0) is 13.3 Å². The lowest BCUT2D eigenvalue weighted by Crippen LogP contribution is -2.65. The van der Waals surface area contributed by atoms with Crippen molar-refractivity contribution in [1.29, 1.82) is 0 Å². The van der Waals surface area contributed by atoms with Gasteiger partial charge in [0.15, 0.2) is 12.6 Å². The van der Waals surface area contributed by atoms with Gasteiger partial charge in [0.05, 0.1) is 24.9 Å². The quantitative estimate of drug-likeness (QED) is 0.168. The van der Waals surface area contributed by atoms with Gasteiger partial charge in [-0.15, -0.1) is 0 Å². The third-order valence-electron chi connectivity index (χ3n) is 6.54. The highest BCUT2D eigenvalue weighted by Crippen LogP contribution is 2.34. The van der Waals surface area contributed by atoms with Gasteiger partial charge in [-0.2, -0.15) is 0 Å². The van der Waals surface area contributed by atoms with Gasteiger partial charge < -0.3 is 70.0 Å². The molecular formula is C19H34O14. The number of aliphatic hydroxyl groups is 10. The number of ether oxygens (including phenoxy) is 4. The van der Waals surface area contributed by atoms with Crippen molar-refractivity contribution in [3.05, 3.63) is 0 Å². The van der Waals surface area contributed by atoms with Crippen molar-refractivity contribution in [2.75, 3.05) is 13.2 Å². The van der Waals surface area contributed by atoms with Crippen molar-refractivity contribution in [2.45, 2.75) is 99.2 Å². The van der Waals surface area contributed by atoms with Crippen LogP contribution in [0.2, 0.25) is 0 Å². The van der Waals surface area contributed by atoms with E-state index in [-0.39, 0.29) is 6.42 Å². The van der Waals surface area contributed by atoms with Crippen LogP contribution >= 0.6 is 0 Å². The SMILES string of the molecule is C[C@@H]1O[C@@H](O[C@H]2[C@@H](O)[C@@H](CO)O[C@@H](O[C@@H]3[C@@H](CO)CC(O)[C@H](O)[C@H]3O)[C@@H]2O)[C@@H](O)[C@H](O)[C@@H]1O. The summed E-state index contributed by atoms with van der Waals surface area (Å²) in [6, 6.07) is 0. The molecule has 0 aromatic carbocycles. The Morgan fingerprint density at radius 1 is 0.636 bits per heavy atom. The Morgan fingerprint density at radius 3 is 1.85 bits per heavy atom. The van der Waals surface area contributed by atoms with Gasteiger partial charge >= 0.3 is 0 Å². The molecule has 194 valence electrons. The lowest BCUT2D eigenvalue weighted by atomic mass is 9.81. The molecule has 33 heavy (non-hydrogen) atoms. The Labute approximate surface area is 189 Å². The second kappa shape index (κ2) is 11.0. The first kappa shape index (κ1) is 27.0. The molecule has 14 nitrogen and oxygen atoms in total. The molecule has 1 aliphatic carbocycles. The molecule has 15 atom stereocenters. The van der Waals surface area contributed by atoms with Crippen molar-refractivity contribution < 1.29 is 70.0 Å². The zero-order chi connectivity index (χ0) is 24.6. The predicted molar refractivity (Wildman–Crippen MR) is 103 cm³/mol. The van der Waals surface area contributed by atoms with E-state index in [0.29, 0.717) is 0 Å². The summed E-state index contributed by atoms with van der Waals surface area (Å²) in [5.74, 6) is -0.839. The van der Waals surface area contributed by atoms with Crippen LogP contribution in [-0.4, -0.2) is 150 Å². The Morgan fingerprint density at radius 2 is 1.24 bits per heavy atom. The molecule has 1 unspecified atom stereocenters. The normalized spacial score (nSPS) is 53.7. The minimum absolute atomic E-state index is 0.117. The average molecular weight is 486 g/mol. The lowest BCUT2D eigenvalue weighted by Gasteiger charge is -2.48. The maximum absolute atomic E-state index is 10.8. The van der Waals surface area contributed by atoms with E-state index < -0.39 is 105 Å². The van der Waals surface area contributed by atoms with Gasteiger partial charge in [0.2, 0.25) is 0 Å². The summed E-state index contributed by atoms with van der Waals surface area (Å²) < 4.78 is 21.8. The predicted octanol–water partition coefficient (Wildman–Crippen LogP) is -5.88. The molecule has 0 radical (unpaired) electrons. The third-order valence-corrected chi connectivity index (χ3v) is 6.54. The van der Waals surface area contributed by atoms with E-state index in [4.69, 9.17) is 18.9 Å². The highest BCUT2D eigenvalue weighted by atomic mass is 16.7. The third kappa shape index (κ3) is 5.34. The fraction of sp³-hybridized carbons (Fsp3) is 1.00. The summed E-state index contributed by atoms with van der Waals surface area (Å²) in [5.41, 5.74) is 0. The topological polar surface area (TPSA) is 239 Å². The Balaban J connectivity index is 1.77. The Bertz CT molecular complexity index is 623. The van der Waals surface area contributed by atoms with E-state index in [2.05, 4.69) is 0 Å². The van der Waals surface area contributed by atoms with Crippen LogP contribution in [0.25, 0.3) is 0 Å². The monoisotopic (exact) mass is 486 g/mol. The zero-order valence-electron chi connectivity index (χ0n) is 17.9. The molecule has 3 fully saturated rings. The van der Waals surface area contributed by atoms with Gasteiger partial charge in [0, 0.05) is 12.5 Å². The lowest BCUT2D eigenvalue weighted by molar-refractivity contribution is -0.367. The highest BCUT2D eigenvalue weighted by molar-refractivity contribution is 4.97. The molecule has 0 amide bonds. The standard InChI is InChI=1S/C19H34O14/c1-5-9(23)12(26)14(28)18(30-5)33-17-11(25)8(4-21)31-19(15(17)29)32-16-6(3-20)2-7(22)10(24)13(16)27/h5-29H,2-4H2,1H3/t5-,6+,7?,8+,9+,10-,11-,12+,13+,14-,15+,16+,17-,18-,19-/m0/s1. The molecule has 0 spiro atoms. The van der Waals surface area contributed by atoms with Crippen LogP contribution in [0.3, 0.4) is 0 Å². The van der Waals surface area contributed by atoms with Gasteiger partial charge in [0.25, 0.3) is 0 Å². The fourth-order valence-electron chi connectivity index (χ4n) is 4.42. The van der Waals surface area contributed by atoms with E-state index in [1.54, 1.807) is 0 Å². The van der Waals surface area contributed by atoms with Crippen molar-refractivity contribution >= 4 is 0 Å². The molecule has 1 saturated carbocycles. The van der Waals surface area contributed by atoms with Gasteiger partial charge in [-0.25, -0.2) is 0 Å². The molecule has 0 aromatic heterocycles. The zero-order valence-corrected chi connectivity index (χ0v) is 17.9. The number of hydrogen-bond donors (Lipinski definition) is 10. The summed E-state index contributed by atoms with van der Waals surface area (Å²) in [4.78, 5) is 0. The molecule has 2 saturated heterocycles. The first-order valence-corrected chi connectivity index (χ1v) is 10.8. The summed E-state index contributed by atoms with van der Waals surface area (Å²) >= 11 is 0. The summed E-state index contributed by atoms with van der Waals surface area (Å²) in [5, 5.41) is 101. The molecule has 2 heterocycles. The van der Waals surface area contributed by atoms with E-state index >= 15 is 0 Å². The van der Waals surface area contributed by atoms with Crippen LogP contribution < -0.4 is 0 Å². The molecule has 2 aliphatic heterocycles. The fourth-order valence-corrected chi connectivity index (χ4v) is 4.42. The second-order valence-electron chi connectivity index (χ2n) is 8.82. The van der Waals surface area contributed by atoms with Crippen molar-refractivity contribution in [3.8, 4) is 0 Å². The van der Waals surface area contributed by atoms with Crippen LogP contribution in [0.4, 0.5) is 0 Å². The van der Waals surface area contributed by atoms with E-state index in [1.165, 1.54) is 6.92 Å². The molecule has 0 aromatic rings. The second-order valence-corrected chi connectivity index (χ2v) is 8.82. The maximum atomic E-state index is 10.8. The van der Waals surface area contributed by atoms with Crippen molar-refractivity contribution in [2.24, 2.45) is 5.92 Å². The van der Waals surface area contributed by atoms with Gasteiger partial charge in [0.1, 0.15) is 54.9 Å². The summed E-state index contributed by atoms with van der Waals surface area (Å²) in [6.45, 7) is 0.145. The van der Waals surface area contributed by atoms with Gasteiger partial charge in [-0.3, -0.25) is 0 Å². The van der Waals surface area contributed by atoms with Crippen LogP contribution in [-0.2, 0) is 18.9 Å². The van der Waals surface area contributed by atoms with Gasteiger partial charge in [-0.1, -0.05) is 0 Å². The maximum Gasteiger partial charge on any atom is 0.187 e. The Hall–Kier alpha value is -0.560. The van der Waals surface area contributed by atoms with E-state index in [0.717, 1.165) is 0 Å². The first-order valence-electron chi connectivity index (χ1n) is 10.8. The summed E-state index contributed by atoms with van der Waals surface area (Å²) in [6.07, 6.45) is -21.3. The molecule has 0 bridgehead atoms. The molecule has 14 heteroatoms. The molecule has 3 rings (SSSR count). The van der Waals surface area contributed by atoms with E-state index in [1.807, 2.05) is 0 Å². The minimum atomic E-state index is -1.78. The smallest absolute Gasteiger partial charge is 0.187 e. The number of hydrogen-bond acceptors (Lipinski definition) is 14. The first-order chi connectivity index (χ1) is 15.5. The molecular weight excluding hydrogens is 452 g/mol. The van der Waals surface area contributed by atoms with Crippen LogP contribution in [0, 0.1) is 5.92 Å². The van der Waals surface area contributed by atoms with E-state index in [9.17, 15) is 51.1 Å². The summed E-state index contributed by atoms with van der Waals surface area (Å²) in [7, 11) is 0. The molecule has 10 N–H and O–H groups in total. The number of rotatable bonds is 6. The van der Waals surface area contributed by atoms with Crippen LogP contribution in [0.5, 0.6) is 0 Å². The van der Waals surface area contributed by atoms with Crippen molar-refractivity contribution in [3.63, 3.8) is 0 Å². The minimum Gasteiger partial charge on any atom is -0.396 e. The average Bonchev–Trinajstić information content (AvgIpc) is 2.79. The largest absolute Gasteiger partial charge is 0.396 e. The Kier molecular flexibility index (Phi) is 9.02. The van der Waals surface area contributed by atoms with Crippen molar-refractivity contribution in [1.82, 2.24) is 0 Å². The molecule has 3 aliphatic rings. The van der Waals surface area contributed by atoms with Crippen LogP contribution in [0.15, 0.2) is 0 Å². The highest BCUT2D eigenvalue weighted by Gasteiger charge is 2.52. The number of aliphatic hydroxyl groups excluding tert-OH is 10. The van der Waals surface area contributed by atoms with Crippen LogP contribution in [0.1, 0.15) is 13.3 Å².